The van der Waals surface area contributed by atoms with Crippen LogP contribution in [0.2, 0.25) is 0 Å². The number of hydrogen-bond acceptors (Lipinski definition) is 5. The Labute approximate surface area is 218 Å². The summed E-state index contributed by atoms with van der Waals surface area (Å²) >= 11 is 0. The van der Waals surface area contributed by atoms with Crippen molar-refractivity contribution in [2.45, 2.75) is 44.9 Å². The molecule has 0 radical (unpaired) electrons. The number of carbonyl (C=O) groups is 2. The van der Waals surface area contributed by atoms with E-state index < -0.39 is 6.09 Å². The molecule has 0 aliphatic carbocycles. The Morgan fingerprint density at radius 3 is 2.22 bits per heavy atom. The molecule has 0 aromatic heterocycles. The van der Waals surface area contributed by atoms with Crippen LogP contribution >= 0.6 is 12.4 Å². The number of rotatable bonds is 7. The third-order valence-electron chi connectivity index (χ3n) is 6.00. The number of piperidine rings is 1. The van der Waals surface area contributed by atoms with E-state index in [1.54, 1.807) is 36.4 Å². The average molecular weight is 509 g/mol. The summed E-state index contributed by atoms with van der Waals surface area (Å²) in [5.41, 5.74) is 3.49. The molecule has 36 heavy (non-hydrogen) atoms. The molecule has 0 saturated carbocycles. The van der Waals surface area contributed by atoms with Gasteiger partial charge in [-0.1, -0.05) is 42.5 Å². The van der Waals surface area contributed by atoms with Gasteiger partial charge in [-0.3, -0.25) is 10.1 Å². The summed E-state index contributed by atoms with van der Waals surface area (Å²) in [6, 6.07) is 24.3. The standard InChI is InChI=1S/C28H32N4O3.ClH/c1-28(2)18-23(16-17-29-28)30-22-14-12-21(13-15-22)26(33)31-24-10-6-7-11-25(24)32-27(34)35-19-20-8-4-3-5-9-20;/h3-15,23,29-30H,16-19H2,1-2H3,(H,31,33)(H,32,34);1H. The van der Waals surface area contributed by atoms with Crippen molar-refractivity contribution in [3.8, 4) is 0 Å². The minimum absolute atomic E-state index is 0. The molecular formula is C28H33ClN4O3. The summed E-state index contributed by atoms with van der Waals surface area (Å²) in [5, 5.41) is 12.7. The molecule has 3 aromatic carbocycles. The van der Waals surface area contributed by atoms with Crippen molar-refractivity contribution < 1.29 is 14.3 Å². The first kappa shape index (κ1) is 27.0. The van der Waals surface area contributed by atoms with Crippen molar-refractivity contribution in [2.75, 3.05) is 22.5 Å². The number of benzene rings is 3. The largest absolute Gasteiger partial charge is 0.444 e. The second kappa shape index (κ2) is 12.4. The first-order valence-corrected chi connectivity index (χ1v) is 11.9. The van der Waals surface area contributed by atoms with Gasteiger partial charge in [-0.25, -0.2) is 4.79 Å². The fraction of sp³-hybridized carbons (Fsp3) is 0.286. The normalized spacial score (nSPS) is 16.2. The molecule has 1 unspecified atom stereocenters. The van der Waals surface area contributed by atoms with Gasteiger partial charge in [0.1, 0.15) is 6.61 Å². The molecule has 0 bridgehead atoms. The van der Waals surface area contributed by atoms with E-state index in [0.717, 1.165) is 30.6 Å². The van der Waals surface area contributed by atoms with Gasteiger partial charge < -0.3 is 20.7 Å². The topological polar surface area (TPSA) is 91.5 Å². The summed E-state index contributed by atoms with van der Waals surface area (Å²) in [6.45, 7) is 5.57. The molecular weight excluding hydrogens is 476 g/mol. The third kappa shape index (κ3) is 7.73. The Morgan fingerprint density at radius 2 is 1.56 bits per heavy atom. The van der Waals surface area contributed by atoms with Gasteiger partial charge in [-0.15, -0.1) is 12.4 Å². The molecule has 1 atom stereocenters. The summed E-state index contributed by atoms with van der Waals surface area (Å²) in [6.07, 6.45) is 1.50. The van der Waals surface area contributed by atoms with Gasteiger partial charge in [-0.2, -0.15) is 0 Å². The van der Waals surface area contributed by atoms with Gasteiger partial charge in [0, 0.05) is 22.8 Å². The van der Waals surface area contributed by atoms with Gasteiger partial charge in [-0.05, 0) is 75.2 Å². The summed E-state index contributed by atoms with van der Waals surface area (Å²) in [7, 11) is 0. The number of para-hydroxylation sites is 2. The van der Waals surface area contributed by atoms with Crippen LogP contribution in [0.5, 0.6) is 0 Å². The second-order valence-corrected chi connectivity index (χ2v) is 9.41. The summed E-state index contributed by atoms with van der Waals surface area (Å²) < 4.78 is 5.29. The molecule has 1 fully saturated rings. The van der Waals surface area contributed by atoms with Crippen LogP contribution in [0, 0.1) is 0 Å². The lowest BCUT2D eigenvalue weighted by Gasteiger charge is -2.37. The predicted octanol–water partition coefficient (Wildman–Crippen LogP) is 6.05. The van der Waals surface area contributed by atoms with E-state index in [1.807, 2.05) is 42.5 Å². The van der Waals surface area contributed by atoms with Gasteiger partial charge in [0.05, 0.1) is 11.4 Å². The van der Waals surface area contributed by atoms with Crippen LogP contribution in [0.3, 0.4) is 0 Å². The number of carbonyl (C=O) groups excluding carboxylic acids is 2. The van der Waals surface area contributed by atoms with Crippen molar-refractivity contribution in [3.63, 3.8) is 0 Å². The maximum atomic E-state index is 12.9. The fourth-order valence-electron chi connectivity index (χ4n) is 4.22. The maximum absolute atomic E-state index is 12.9. The van der Waals surface area contributed by atoms with Crippen LogP contribution in [0.15, 0.2) is 78.9 Å². The second-order valence-electron chi connectivity index (χ2n) is 9.41. The van der Waals surface area contributed by atoms with Crippen molar-refractivity contribution in [2.24, 2.45) is 0 Å². The molecule has 2 amide bonds. The van der Waals surface area contributed by atoms with Crippen LogP contribution in [0.25, 0.3) is 0 Å². The zero-order chi connectivity index (χ0) is 24.7. The zero-order valence-electron chi connectivity index (χ0n) is 20.5. The molecule has 0 spiro atoms. The Kier molecular flexibility index (Phi) is 9.33. The quantitative estimate of drug-likeness (QED) is 0.312. The number of anilines is 3. The molecule has 7 nitrogen and oxygen atoms in total. The number of hydrogen-bond donors (Lipinski definition) is 4. The van der Waals surface area contributed by atoms with E-state index in [0.29, 0.717) is 23.0 Å². The Hall–Kier alpha value is -3.55. The molecule has 1 aliphatic heterocycles. The number of nitrogens with one attached hydrogen (secondary N) is 4. The number of ether oxygens (including phenoxy) is 1. The molecule has 3 aromatic rings. The number of halogens is 1. The average Bonchev–Trinajstić information content (AvgIpc) is 2.84. The van der Waals surface area contributed by atoms with Crippen LogP contribution in [0.1, 0.15) is 42.6 Å². The SMILES string of the molecule is CC1(C)CC(Nc2ccc(C(=O)Nc3ccccc3NC(=O)OCc3ccccc3)cc2)CCN1.Cl. The highest BCUT2D eigenvalue weighted by Crippen LogP contribution is 2.24. The fourth-order valence-corrected chi connectivity index (χ4v) is 4.22. The van der Waals surface area contributed by atoms with Gasteiger partial charge in [0.15, 0.2) is 0 Å². The van der Waals surface area contributed by atoms with Gasteiger partial charge >= 0.3 is 6.09 Å². The van der Waals surface area contributed by atoms with Crippen LogP contribution in [-0.4, -0.2) is 30.1 Å². The molecule has 4 N–H and O–H groups in total. The monoisotopic (exact) mass is 508 g/mol. The summed E-state index contributed by atoms with van der Waals surface area (Å²) in [4.78, 5) is 25.1. The zero-order valence-corrected chi connectivity index (χ0v) is 21.4. The molecule has 1 aliphatic rings. The van der Waals surface area contributed by atoms with Gasteiger partial charge in [0.25, 0.3) is 5.91 Å². The van der Waals surface area contributed by atoms with E-state index in [-0.39, 0.29) is 30.5 Å². The first-order valence-electron chi connectivity index (χ1n) is 11.9. The highest BCUT2D eigenvalue weighted by Gasteiger charge is 2.27. The Bertz CT molecular complexity index is 1150. The van der Waals surface area contributed by atoms with E-state index in [2.05, 4.69) is 35.1 Å². The molecule has 1 saturated heterocycles. The predicted molar refractivity (Wildman–Crippen MR) is 147 cm³/mol. The lowest BCUT2D eigenvalue weighted by molar-refractivity contribution is 0.102. The lowest BCUT2D eigenvalue weighted by atomic mass is 9.89. The van der Waals surface area contributed by atoms with Crippen LogP contribution in [-0.2, 0) is 11.3 Å². The van der Waals surface area contributed by atoms with E-state index in [4.69, 9.17) is 4.74 Å². The lowest BCUT2D eigenvalue weighted by Crippen LogP contribution is -2.49. The van der Waals surface area contributed by atoms with E-state index in [9.17, 15) is 9.59 Å². The van der Waals surface area contributed by atoms with Crippen LogP contribution in [0.4, 0.5) is 21.9 Å². The highest BCUT2D eigenvalue weighted by atomic mass is 35.5. The van der Waals surface area contributed by atoms with Crippen molar-refractivity contribution in [1.82, 2.24) is 5.32 Å². The van der Waals surface area contributed by atoms with Crippen molar-refractivity contribution in [1.29, 1.82) is 0 Å². The number of amides is 2. The molecule has 1 heterocycles. The van der Waals surface area contributed by atoms with Crippen molar-refractivity contribution in [3.05, 3.63) is 90.0 Å². The molecule has 4 rings (SSSR count). The minimum Gasteiger partial charge on any atom is -0.444 e. The Balaban J connectivity index is 0.00000361. The molecule has 8 heteroatoms. The highest BCUT2D eigenvalue weighted by molar-refractivity contribution is 6.07. The van der Waals surface area contributed by atoms with Crippen LogP contribution < -0.4 is 21.3 Å². The first-order chi connectivity index (χ1) is 16.9. The molecule has 190 valence electrons. The third-order valence-corrected chi connectivity index (χ3v) is 6.00. The smallest absolute Gasteiger partial charge is 0.412 e. The van der Waals surface area contributed by atoms with Gasteiger partial charge in [0.2, 0.25) is 0 Å². The summed E-state index contributed by atoms with van der Waals surface area (Å²) in [5.74, 6) is -0.258. The minimum atomic E-state index is -0.591. The van der Waals surface area contributed by atoms with Crippen molar-refractivity contribution >= 4 is 41.5 Å². The Morgan fingerprint density at radius 1 is 0.917 bits per heavy atom. The van der Waals surface area contributed by atoms with E-state index >= 15 is 0 Å². The van der Waals surface area contributed by atoms with E-state index in [1.165, 1.54) is 0 Å². The maximum Gasteiger partial charge on any atom is 0.412 e.